The largest absolute Gasteiger partial charge is 0.476 e. The van der Waals surface area contributed by atoms with Crippen LogP contribution in [-0.2, 0) is 7.05 Å². The third kappa shape index (κ3) is 1.75. The molecule has 7 nitrogen and oxygen atoms in total. The average Bonchev–Trinajstić information content (AvgIpc) is 2.92. The molecule has 0 aliphatic rings. The van der Waals surface area contributed by atoms with Gasteiger partial charge in [0.2, 0.25) is 0 Å². The Morgan fingerprint density at radius 2 is 2.16 bits per heavy atom. The van der Waals surface area contributed by atoms with Gasteiger partial charge in [0.1, 0.15) is 0 Å². The zero-order chi connectivity index (χ0) is 13.6. The van der Waals surface area contributed by atoms with Gasteiger partial charge in [-0.05, 0) is 13.0 Å². The van der Waals surface area contributed by atoms with Gasteiger partial charge < -0.3 is 5.11 Å². The van der Waals surface area contributed by atoms with Crippen LogP contribution < -0.4 is 0 Å². The molecule has 0 saturated heterocycles. The average molecular weight is 257 g/mol. The highest BCUT2D eigenvalue weighted by Gasteiger charge is 2.15. The summed E-state index contributed by atoms with van der Waals surface area (Å²) in [4.78, 5) is 15.1. The first-order chi connectivity index (χ1) is 9.06. The molecule has 0 atom stereocenters. The molecule has 0 aliphatic heterocycles. The van der Waals surface area contributed by atoms with Crippen LogP contribution in [0.2, 0.25) is 0 Å². The van der Waals surface area contributed by atoms with Gasteiger partial charge in [-0.3, -0.25) is 4.68 Å². The van der Waals surface area contributed by atoms with Crippen LogP contribution in [0.3, 0.4) is 0 Å². The fourth-order valence-corrected chi connectivity index (χ4v) is 2.05. The van der Waals surface area contributed by atoms with Gasteiger partial charge in [-0.1, -0.05) is 0 Å². The van der Waals surface area contributed by atoms with Crippen molar-refractivity contribution in [2.75, 3.05) is 0 Å². The summed E-state index contributed by atoms with van der Waals surface area (Å²) >= 11 is 0. The minimum Gasteiger partial charge on any atom is -0.476 e. The first kappa shape index (κ1) is 11.4. The van der Waals surface area contributed by atoms with Crippen molar-refractivity contribution in [3.63, 3.8) is 0 Å². The molecule has 96 valence electrons. The van der Waals surface area contributed by atoms with E-state index in [0.717, 1.165) is 17.0 Å². The van der Waals surface area contributed by atoms with Crippen molar-refractivity contribution in [2.45, 2.75) is 6.92 Å². The molecule has 0 unspecified atom stereocenters. The zero-order valence-corrected chi connectivity index (χ0v) is 10.4. The number of carboxylic acid groups (broad SMARTS) is 1. The van der Waals surface area contributed by atoms with E-state index in [1.54, 1.807) is 16.9 Å². The fourth-order valence-electron chi connectivity index (χ4n) is 2.05. The molecule has 3 heterocycles. The van der Waals surface area contributed by atoms with E-state index >= 15 is 0 Å². The molecular formula is C12H11N5O2. The molecule has 3 aromatic heterocycles. The molecule has 7 heteroatoms. The minimum absolute atomic E-state index is 0.0264. The minimum atomic E-state index is -1.07. The molecule has 0 fully saturated rings. The predicted octanol–water partition coefficient (Wildman–Crippen LogP) is 1.14. The van der Waals surface area contributed by atoms with Crippen molar-refractivity contribution in [3.05, 3.63) is 35.9 Å². The van der Waals surface area contributed by atoms with E-state index in [1.807, 2.05) is 20.2 Å². The summed E-state index contributed by atoms with van der Waals surface area (Å²) in [5.74, 6) is -1.07. The summed E-state index contributed by atoms with van der Waals surface area (Å²) in [5.41, 5.74) is 2.99. The number of fused-ring (bicyclic) bond motifs is 1. The van der Waals surface area contributed by atoms with E-state index in [-0.39, 0.29) is 5.69 Å². The third-order valence-corrected chi connectivity index (χ3v) is 2.87. The summed E-state index contributed by atoms with van der Waals surface area (Å²) in [5, 5.41) is 17.3. The number of aromatic nitrogens is 5. The van der Waals surface area contributed by atoms with Crippen molar-refractivity contribution < 1.29 is 9.90 Å². The van der Waals surface area contributed by atoms with Crippen LogP contribution in [0.25, 0.3) is 16.9 Å². The van der Waals surface area contributed by atoms with Gasteiger partial charge in [0, 0.05) is 31.1 Å². The predicted molar refractivity (Wildman–Crippen MR) is 66.9 cm³/mol. The Bertz CT molecular complexity index is 787. The zero-order valence-electron chi connectivity index (χ0n) is 10.4. The number of nitrogens with zero attached hydrogens (tertiary/aromatic N) is 5. The van der Waals surface area contributed by atoms with E-state index in [9.17, 15) is 4.79 Å². The summed E-state index contributed by atoms with van der Waals surface area (Å²) in [6, 6.07) is 3.23. The molecule has 0 spiro atoms. The Balaban J connectivity index is 2.29. The molecule has 0 radical (unpaired) electrons. The summed E-state index contributed by atoms with van der Waals surface area (Å²) < 4.78 is 3.23. The lowest BCUT2D eigenvalue weighted by Crippen LogP contribution is -2.00. The smallest absolute Gasteiger partial charge is 0.356 e. The standard InChI is InChI=1S/C12H11N5O2/c1-7-8(6-16(2)14-7)10-3-4-13-11-5-9(12(18)19)15-17(10)11/h3-6H,1-2H3,(H,18,19). The highest BCUT2D eigenvalue weighted by atomic mass is 16.4. The van der Waals surface area contributed by atoms with Crippen molar-refractivity contribution in [2.24, 2.45) is 7.05 Å². The Morgan fingerprint density at radius 1 is 1.37 bits per heavy atom. The normalized spacial score (nSPS) is 11.1. The molecule has 0 bridgehead atoms. The molecule has 0 amide bonds. The highest BCUT2D eigenvalue weighted by Crippen LogP contribution is 2.22. The van der Waals surface area contributed by atoms with Crippen molar-refractivity contribution in [3.8, 4) is 11.3 Å². The van der Waals surface area contributed by atoms with Crippen LogP contribution in [-0.4, -0.2) is 35.5 Å². The molecule has 0 saturated carbocycles. The summed E-state index contributed by atoms with van der Waals surface area (Å²) in [6.45, 7) is 1.89. The quantitative estimate of drug-likeness (QED) is 0.744. The van der Waals surface area contributed by atoms with Crippen molar-refractivity contribution in [1.29, 1.82) is 0 Å². The van der Waals surface area contributed by atoms with Crippen LogP contribution in [0.15, 0.2) is 24.5 Å². The van der Waals surface area contributed by atoms with Crippen LogP contribution in [0, 0.1) is 6.92 Å². The molecule has 3 aromatic rings. The topological polar surface area (TPSA) is 85.3 Å². The highest BCUT2D eigenvalue weighted by molar-refractivity contribution is 5.87. The van der Waals surface area contributed by atoms with Crippen LogP contribution in [0.5, 0.6) is 0 Å². The Labute approximate surface area is 108 Å². The Hall–Kier alpha value is -2.70. The van der Waals surface area contributed by atoms with Gasteiger partial charge in [0.15, 0.2) is 11.3 Å². The van der Waals surface area contributed by atoms with Gasteiger partial charge in [-0.2, -0.15) is 10.2 Å². The van der Waals surface area contributed by atoms with Gasteiger partial charge in [0.05, 0.1) is 11.4 Å². The van der Waals surface area contributed by atoms with E-state index in [2.05, 4.69) is 15.2 Å². The molecular weight excluding hydrogens is 246 g/mol. The van der Waals surface area contributed by atoms with Gasteiger partial charge in [-0.15, -0.1) is 0 Å². The van der Waals surface area contributed by atoms with E-state index < -0.39 is 5.97 Å². The van der Waals surface area contributed by atoms with Crippen LogP contribution >= 0.6 is 0 Å². The maximum absolute atomic E-state index is 11.0. The van der Waals surface area contributed by atoms with E-state index in [0.29, 0.717) is 5.65 Å². The number of aromatic carboxylic acids is 1. The lowest BCUT2D eigenvalue weighted by Gasteiger charge is -2.01. The van der Waals surface area contributed by atoms with Crippen LogP contribution in [0.4, 0.5) is 0 Å². The fraction of sp³-hybridized carbons (Fsp3) is 0.167. The maximum Gasteiger partial charge on any atom is 0.356 e. The third-order valence-electron chi connectivity index (χ3n) is 2.87. The van der Waals surface area contributed by atoms with Gasteiger partial charge in [-0.25, -0.2) is 14.3 Å². The lowest BCUT2D eigenvalue weighted by atomic mass is 10.2. The van der Waals surface area contributed by atoms with Gasteiger partial charge in [0.25, 0.3) is 0 Å². The second-order valence-electron chi connectivity index (χ2n) is 4.24. The van der Waals surface area contributed by atoms with E-state index in [1.165, 1.54) is 10.6 Å². The van der Waals surface area contributed by atoms with Crippen LogP contribution in [0.1, 0.15) is 16.2 Å². The second kappa shape index (κ2) is 3.91. The number of aryl methyl sites for hydroxylation is 2. The summed E-state index contributed by atoms with van der Waals surface area (Å²) in [7, 11) is 1.83. The lowest BCUT2D eigenvalue weighted by molar-refractivity contribution is 0.0690. The molecule has 1 N–H and O–H groups in total. The number of hydrogen-bond acceptors (Lipinski definition) is 4. The number of hydrogen-bond donors (Lipinski definition) is 1. The van der Waals surface area contributed by atoms with Crippen molar-refractivity contribution >= 4 is 11.6 Å². The number of carbonyl (C=O) groups is 1. The number of rotatable bonds is 2. The molecule has 19 heavy (non-hydrogen) atoms. The Morgan fingerprint density at radius 3 is 2.79 bits per heavy atom. The van der Waals surface area contributed by atoms with Gasteiger partial charge >= 0.3 is 5.97 Å². The second-order valence-corrected chi connectivity index (χ2v) is 4.24. The SMILES string of the molecule is Cc1nn(C)cc1-c1ccnc2cc(C(=O)O)nn12. The number of carboxylic acids is 1. The monoisotopic (exact) mass is 257 g/mol. The summed E-state index contributed by atoms with van der Waals surface area (Å²) in [6.07, 6.45) is 3.50. The van der Waals surface area contributed by atoms with E-state index in [4.69, 9.17) is 5.11 Å². The first-order valence-electron chi connectivity index (χ1n) is 5.65. The molecule has 0 aliphatic carbocycles. The Kier molecular flexibility index (Phi) is 2.34. The maximum atomic E-state index is 11.0. The molecule has 0 aromatic carbocycles. The molecule has 3 rings (SSSR count). The van der Waals surface area contributed by atoms with Crippen molar-refractivity contribution in [1.82, 2.24) is 24.4 Å². The first-order valence-corrected chi connectivity index (χ1v) is 5.65.